The molecule has 4 nitrogen and oxygen atoms in total. The van der Waals surface area contributed by atoms with Gasteiger partial charge in [0.15, 0.2) is 11.6 Å². The molecule has 0 amide bonds. The van der Waals surface area contributed by atoms with Crippen LogP contribution < -0.4 is 10.1 Å². The van der Waals surface area contributed by atoms with Gasteiger partial charge in [-0.1, -0.05) is 13.8 Å². The quantitative estimate of drug-likeness (QED) is 0.830. The SMILES string of the molecule is COc1cc(NC(C(=O)O)C(C)C)ccc1F. The highest BCUT2D eigenvalue weighted by Gasteiger charge is 2.21. The number of ether oxygens (including phenoxy) is 1. The maximum atomic E-state index is 13.2. The van der Waals surface area contributed by atoms with Crippen molar-refractivity contribution in [3.8, 4) is 5.75 Å². The molecule has 5 heteroatoms. The summed E-state index contributed by atoms with van der Waals surface area (Å²) in [7, 11) is 1.36. The van der Waals surface area contributed by atoms with Crippen molar-refractivity contribution in [2.75, 3.05) is 12.4 Å². The maximum Gasteiger partial charge on any atom is 0.326 e. The second kappa shape index (κ2) is 5.52. The molecule has 0 aliphatic rings. The molecule has 0 spiro atoms. The van der Waals surface area contributed by atoms with Gasteiger partial charge < -0.3 is 15.2 Å². The summed E-state index contributed by atoms with van der Waals surface area (Å²) in [6.45, 7) is 3.60. The number of carbonyl (C=O) groups is 1. The van der Waals surface area contributed by atoms with Gasteiger partial charge in [-0.15, -0.1) is 0 Å². The first-order valence-electron chi connectivity index (χ1n) is 5.28. The predicted molar refractivity (Wildman–Crippen MR) is 62.8 cm³/mol. The van der Waals surface area contributed by atoms with Crippen LogP contribution >= 0.6 is 0 Å². The minimum absolute atomic E-state index is 0.0800. The van der Waals surface area contributed by atoms with E-state index in [1.165, 1.54) is 25.3 Å². The Kier molecular flexibility index (Phi) is 4.31. The Morgan fingerprint density at radius 2 is 2.12 bits per heavy atom. The Morgan fingerprint density at radius 1 is 1.47 bits per heavy atom. The molecule has 1 unspecified atom stereocenters. The van der Waals surface area contributed by atoms with E-state index in [0.29, 0.717) is 5.69 Å². The summed E-state index contributed by atoms with van der Waals surface area (Å²) in [6, 6.07) is 3.44. The molecule has 17 heavy (non-hydrogen) atoms. The van der Waals surface area contributed by atoms with Gasteiger partial charge in [0.25, 0.3) is 0 Å². The largest absolute Gasteiger partial charge is 0.494 e. The summed E-state index contributed by atoms with van der Waals surface area (Å²) >= 11 is 0. The van der Waals surface area contributed by atoms with Crippen LogP contribution in [0.2, 0.25) is 0 Å². The Bertz CT molecular complexity index is 407. The number of methoxy groups -OCH3 is 1. The Hall–Kier alpha value is -1.78. The number of carboxylic acid groups (broad SMARTS) is 1. The lowest BCUT2D eigenvalue weighted by atomic mass is 10.0. The van der Waals surface area contributed by atoms with Gasteiger partial charge >= 0.3 is 5.97 Å². The number of carboxylic acids is 1. The van der Waals surface area contributed by atoms with E-state index in [1.54, 1.807) is 13.8 Å². The van der Waals surface area contributed by atoms with Crippen molar-refractivity contribution in [2.45, 2.75) is 19.9 Å². The van der Waals surface area contributed by atoms with Crippen LogP contribution in [0.5, 0.6) is 5.75 Å². The Morgan fingerprint density at radius 3 is 2.59 bits per heavy atom. The smallest absolute Gasteiger partial charge is 0.326 e. The second-order valence-corrected chi connectivity index (χ2v) is 4.05. The third-order valence-electron chi connectivity index (χ3n) is 2.41. The van der Waals surface area contributed by atoms with Crippen molar-refractivity contribution in [3.63, 3.8) is 0 Å². The van der Waals surface area contributed by atoms with Crippen LogP contribution in [0.4, 0.5) is 10.1 Å². The van der Waals surface area contributed by atoms with Gasteiger partial charge in [-0.05, 0) is 18.1 Å². The lowest BCUT2D eigenvalue weighted by Crippen LogP contribution is -2.34. The number of halogens is 1. The lowest BCUT2D eigenvalue weighted by molar-refractivity contribution is -0.138. The van der Waals surface area contributed by atoms with Gasteiger partial charge in [-0.2, -0.15) is 0 Å². The molecule has 0 aliphatic carbocycles. The van der Waals surface area contributed by atoms with Crippen LogP contribution in [-0.4, -0.2) is 24.2 Å². The fourth-order valence-electron chi connectivity index (χ4n) is 1.44. The van der Waals surface area contributed by atoms with Gasteiger partial charge in [-0.25, -0.2) is 9.18 Å². The van der Waals surface area contributed by atoms with Gasteiger partial charge in [0.1, 0.15) is 6.04 Å². The molecule has 1 atom stereocenters. The number of anilines is 1. The topological polar surface area (TPSA) is 58.6 Å². The highest BCUT2D eigenvalue weighted by atomic mass is 19.1. The molecular formula is C12H16FNO3. The normalized spacial score (nSPS) is 12.3. The lowest BCUT2D eigenvalue weighted by Gasteiger charge is -2.19. The molecule has 0 bridgehead atoms. The van der Waals surface area contributed by atoms with Crippen molar-refractivity contribution in [3.05, 3.63) is 24.0 Å². The molecule has 1 aromatic carbocycles. The maximum absolute atomic E-state index is 13.2. The number of benzene rings is 1. The second-order valence-electron chi connectivity index (χ2n) is 4.05. The van der Waals surface area contributed by atoms with Crippen LogP contribution in [0.15, 0.2) is 18.2 Å². The molecule has 0 aliphatic heterocycles. The average Bonchev–Trinajstić information content (AvgIpc) is 2.26. The number of rotatable bonds is 5. The number of nitrogens with one attached hydrogen (secondary N) is 1. The summed E-state index contributed by atoms with van der Waals surface area (Å²) in [5.74, 6) is -1.41. The van der Waals surface area contributed by atoms with Gasteiger partial charge in [-0.3, -0.25) is 0 Å². The van der Waals surface area contributed by atoms with Crippen LogP contribution in [-0.2, 0) is 4.79 Å². The van der Waals surface area contributed by atoms with Gasteiger partial charge in [0.2, 0.25) is 0 Å². The highest BCUT2D eigenvalue weighted by molar-refractivity contribution is 5.77. The molecule has 0 radical (unpaired) electrons. The van der Waals surface area contributed by atoms with Gasteiger partial charge in [0, 0.05) is 11.8 Å². The van der Waals surface area contributed by atoms with Crippen molar-refractivity contribution >= 4 is 11.7 Å². The zero-order valence-corrected chi connectivity index (χ0v) is 10.0. The van der Waals surface area contributed by atoms with E-state index in [2.05, 4.69) is 5.32 Å². The Labute approximate surface area is 99.4 Å². The van der Waals surface area contributed by atoms with Crippen molar-refractivity contribution in [2.24, 2.45) is 5.92 Å². The summed E-state index contributed by atoms with van der Waals surface area (Å²) in [5.41, 5.74) is 0.518. The monoisotopic (exact) mass is 241 g/mol. The van der Waals surface area contributed by atoms with E-state index in [-0.39, 0.29) is 11.7 Å². The van der Waals surface area contributed by atoms with Crippen LogP contribution in [0.1, 0.15) is 13.8 Å². The minimum Gasteiger partial charge on any atom is -0.494 e. The number of hydrogen-bond acceptors (Lipinski definition) is 3. The average molecular weight is 241 g/mol. The highest BCUT2D eigenvalue weighted by Crippen LogP contribution is 2.22. The number of aliphatic carboxylic acids is 1. The van der Waals surface area contributed by atoms with Gasteiger partial charge in [0.05, 0.1) is 7.11 Å². The first-order chi connectivity index (χ1) is 7.95. The summed E-state index contributed by atoms with van der Waals surface area (Å²) in [4.78, 5) is 11.0. The zero-order valence-electron chi connectivity index (χ0n) is 10.0. The van der Waals surface area contributed by atoms with Crippen molar-refractivity contribution in [1.82, 2.24) is 0 Å². The first kappa shape index (κ1) is 13.3. The molecule has 94 valence electrons. The fourth-order valence-corrected chi connectivity index (χ4v) is 1.44. The van der Waals surface area contributed by atoms with E-state index < -0.39 is 17.8 Å². The summed E-state index contributed by atoms with van der Waals surface area (Å²) in [6.07, 6.45) is 0. The minimum atomic E-state index is -0.941. The molecule has 1 rings (SSSR count). The van der Waals surface area contributed by atoms with Crippen LogP contribution in [0.3, 0.4) is 0 Å². The predicted octanol–water partition coefficient (Wildman–Crippen LogP) is 2.36. The third kappa shape index (κ3) is 3.34. The zero-order chi connectivity index (χ0) is 13.0. The molecule has 0 aromatic heterocycles. The van der Waals surface area contributed by atoms with E-state index in [0.717, 1.165) is 0 Å². The van der Waals surface area contributed by atoms with Crippen LogP contribution in [0, 0.1) is 11.7 Å². The first-order valence-corrected chi connectivity index (χ1v) is 5.28. The number of hydrogen-bond donors (Lipinski definition) is 2. The summed E-state index contributed by atoms with van der Waals surface area (Å²) in [5, 5.41) is 11.9. The van der Waals surface area contributed by atoms with Crippen LogP contribution in [0.25, 0.3) is 0 Å². The molecule has 0 saturated heterocycles. The molecular weight excluding hydrogens is 225 g/mol. The van der Waals surface area contributed by atoms with Crippen molar-refractivity contribution < 1.29 is 19.0 Å². The third-order valence-corrected chi connectivity index (χ3v) is 2.41. The standard InChI is InChI=1S/C12H16FNO3/c1-7(2)11(12(15)16)14-8-4-5-9(13)10(6-8)17-3/h4-7,11,14H,1-3H3,(H,15,16). The van der Waals surface area contributed by atoms with E-state index >= 15 is 0 Å². The molecule has 0 heterocycles. The van der Waals surface area contributed by atoms with E-state index in [4.69, 9.17) is 9.84 Å². The Balaban J connectivity index is 2.90. The fraction of sp³-hybridized carbons (Fsp3) is 0.417. The molecule has 0 fully saturated rings. The summed E-state index contributed by atoms with van der Waals surface area (Å²) < 4.78 is 18.0. The van der Waals surface area contributed by atoms with E-state index in [9.17, 15) is 9.18 Å². The molecule has 1 aromatic rings. The van der Waals surface area contributed by atoms with Crippen molar-refractivity contribution in [1.29, 1.82) is 0 Å². The molecule has 2 N–H and O–H groups in total. The molecule has 0 saturated carbocycles. The van der Waals surface area contributed by atoms with E-state index in [1.807, 2.05) is 0 Å².